The lowest BCUT2D eigenvalue weighted by molar-refractivity contribution is 0.321. The number of nitrogens with two attached hydrogens (primary N) is 1. The molecule has 0 spiro atoms. The highest BCUT2D eigenvalue weighted by Crippen LogP contribution is 2.18. The van der Waals surface area contributed by atoms with Crippen molar-refractivity contribution in [3.05, 3.63) is 29.6 Å². The van der Waals surface area contributed by atoms with E-state index in [1.165, 1.54) is 6.07 Å². The number of hydrogen-bond acceptors (Lipinski definition) is 3. The second-order valence-electron chi connectivity index (χ2n) is 4.49. The standard InChI is InChI=1S/C14H23FN2O/c1-3-18-14-7-6-12(9-13(14)15)10-17-8-4-5-11(2)16/h6-7,9,11,17H,3-5,8,10,16H2,1-2H3. The molecule has 0 aromatic heterocycles. The number of benzene rings is 1. The van der Waals surface area contributed by atoms with Crippen LogP contribution in [0.2, 0.25) is 0 Å². The summed E-state index contributed by atoms with van der Waals surface area (Å²) in [5, 5.41) is 3.27. The first kappa shape index (κ1) is 14.9. The summed E-state index contributed by atoms with van der Waals surface area (Å²) in [7, 11) is 0. The molecule has 18 heavy (non-hydrogen) atoms. The minimum absolute atomic E-state index is 0.245. The zero-order valence-electron chi connectivity index (χ0n) is 11.2. The maximum absolute atomic E-state index is 13.5. The molecule has 0 aliphatic carbocycles. The average Bonchev–Trinajstić information content (AvgIpc) is 2.32. The van der Waals surface area contributed by atoms with Gasteiger partial charge in [0.25, 0.3) is 0 Å². The maximum Gasteiger partial charge on any atom is 0.165 e. The van der Waals surface area contributed by atoms with E-state index in [9.17, 15) is 4.39 Å². The number of hydrogen-bond donors (Lipinski definition) is 2. The van der Waals surface area contributed by atoms with Crippen LogP contribution in [0.4, 0.5) is 4.39 Å². The molecule has 0 saturated carbocycles. The van der Waals surface area contributed by atoms with Crippen molar-refractivity contribution >= 4 is 0 Å². The Bertz CT molecular complexity index is 356. The van der Waals surface area contributed by atoms with Crippen LogP contribution in [0.25, 0.3) is 0 Å². The molecule has 1 unspecified atom stereocenters. The molecule has 1 aromatic carbocycles. The second-order valence-corrected chi connectivity index (χ2v) is 4.49. The molecule has 3 N–H and O–H groups in total. The zero-order chi connectivity index (χ0) is 13.4. The van der Waals surface area contributed by atoms with Crippen molar-refractivity contribution in [2.45, 2.75) is 39.3 Å². The third-order valence-corrected chi connectivity index (χ3v) is 2.64. The predicted molar refractivity (Wildman–Crippen MR) is 72.2 cm³/mol. The summed E-state index contributed by atoms with van der Waals surface area (Å²) in [5.41, 5.74) is 6.59. The first-order chi connectivity index (χ1) is 8.63. The highest BCUT2D eigenvalue weighted by atomic mass is 19.1. The summed E-state index contributed by atoms with van der Waals surface area (Å²) in [4.78, 5) is 0. The van der Waals surface area contributed by atoms with Gasteiger partial charge in [0, 0.05) is 12.6 Å². The summed E-state index contributed by atoms with van der Waals surface area (Å²) in [6.45, 7) is 5.89. The van der Waals surface area contributed by atoms with Gasteiger partial charge in [0.15, 0.2) is 11.6 Å². The van der Waals surface area contributed by atoms with Gasteiger partial charge in [0.1, 0.15) is 0 Å². The molecule has 3 nitrogen and oxygen atoms in total. The smallest absolute Gasteiger partial charge is 0.165 e. The van der Waals surface area contributed by atoms with Crippen molar-refractivity contribution in [1.82, 2.24) is 5.32 Å². The van der Waals surface area contributed by atoms with Gasteiger partial charge in [-0.25, -0.2) is 4.39 Å². The number of nitrogens with one attached hydrogen (secondary N) is 1. The predicted octanol–water partition coefficient (Wildman–Crippen LogP) is 2.44. The van der Waals surface area contributed by atoms with Gasteiger partial charge in [-0.1, -0.05) is 6.07 Å². The first-order valence-corrected chi connectivity index (χ1v) is 6.51. The molecule has 0 aliphatic rings. The second kappa shape index (κ2) is 8.06. The van der Waals surface area contributed by atoms with Crippen molar-refractivity contribution in [2.75, 3.05) is 13.2 Å². The third-order valence-electron chi connectivity index (χ3n) is 2.64. The molecule has 0 saturated heterocycles. The summed E-state index contributed by atoms with van der Waals surface area (Å²) in [6.07, 6.45) is 2.04. The molecule has 0 bridgehead atoms. The molecule has 0 radical (unpaired) electrons. The zero-order valence-corrected chi connectivity index (χ0v) is 11.2. The van der Waals surface area contributed by atoms with E-state index < -0.39 is 0 Å². The number of halogens is 1. The van der Waals surface area contributed by atoms with Crippen molar-refractivity contribution in [2.24, 2.45) is 5.73 Å². The SMILES string of the molecule is CCOc1ccc(CNCCCC(C)N)cc1F. The lowest BCUT2D eigenvalue weighted by Crippen LogP contribution is -2.19. The Hall–Kier alpha value is -1.13. The minimum Gasteiger partial charge on any atom is -0.491 e. The van der Waals surface area contributed by atoms with E-state index in [2.05, 4.69) is 5.32 Å². The van der Waals surface area contributed by atoms with Crippen LogP contribution in [-0.2, 0) is 6.54 Å². The molecular formula is C14H23FN2O. The van der Waals surface area contributed by atoms with Crippen LogP contribution >= 0.6 is 0 Å². The average molecular weight is 254 g/mol. The van der Waals surface area contributed by atoms with Gasteiger partial charge in [0.05, 0.1) is 6.61 Å². The van der Waals surface area contributed by atoms with Crippen LogP contribution in [0, 0.1) is 5.82 Å². The van der Waals surface area contributed by atoms with E-state index in [1.54, 1.807) is 6.07 Å². The Morgan fingerprint density at radius 2 is 2.22 bits per heavy atom. The normalized spacial score (nSPS) is 12.4. The summed E-state index contributed by atoms with van der Waals surface area (Å²) in [6, 6.07) is 5.32. The van der Waals surface area contributed by atoms with Crippen molar-refractivity contribution in [3.8, 4) is 5.75 Å². The number of rotatable bonds is 8. The van der Waals surface area contributed by atoms with Crippen molar-refractivity contribution in [1.29, 1.82) is 0 Å². The molecule has 0 amide bonds. The van der Waals surface area contributed by atoms with E-state index in [1.807, 2.05) is 19.9 Å². The molecule has 0 fully saturated rings. The minimum atomic E-state index is -0.299. The van der Waals surface area contributed by atoms with Gasteiger partial charge in [-0.3, -0.25) is 0 Å². The molecule has 102 valence electrons. The fraction of sp³-hybridized carbons (Fsp3) is 0.571. The molecule has 1 aromatic rings. The molecule has 1 atom stereocenters. The molecular weight excluding hydrogens is 231 g/mol. The van der Waals surface area contributed by atoms with Crippen molar-refractivity contribution < 1.29 is 9.13 Å². The van der Waals surface area contributed by atoms with Crippen LogP contribution in [0.1, 0.15) is 32.3 Å². The highest BCUT2D eigenvalue weighted by Gasteiger charge is 2.03. The fourth-order valence-corrected chi connectivity index (χ4v) is 1.71. The van der Waals surface area contributed by atoms with Crippen LogP contribution in [0.3, 0.4) is 0 Å². The summed E-state index contributed by atoms with van der Waals surface area (Å²) >= 11 is 0. The van der Waals surface area contributed by atoms with Crippen LogP contribution < -0.4 is 15.8 Å². The maximum atomic E-state index is 13.5. The van der Waals surface area contributed by atoms with E-state index in [-0.39, 0.29) is 11.9 Å². The first-order valence-electron chi connectivity index (χ1n) is 6.51. The molecule has 1 rings (SSSR count). The lowest BCUT2D eigenvalue weighted by atomic mass is 10.2. The van der Waals surface area contributed by atoms with Gasteiger partial charge in [0.2, 0.25) is 0 Å². The van der Waals surface area contributed by atoms with Gasteiger partial charge < -0.3 is 15.8 Å². The van der Waals surface area contributed by atoms with E-state index >= 15 is 0 Å². The van der Waals surface area contributed by atoms with Gasteiger partial charge in [-0.15, -0.1) is 0 Å². The van der Waals surface area contributed by atoms with E-state index in [4.69, 9.17) is 10.5 Å². The largest absolute Gasteiger partial charge is 0.491 e. The Labute approximate surface area is 109 Å². The van der Waals surface area contributed by atoms with Gasteiger partial charge in [-0.05, 0) is 50.9 Å². The van der Waals surface area contributed by atoms with Crippen molar-refractivity contribution in [3.63, 3.8) is 0 Å². The monoisotopic (exact) mass is 254 g/mol. The topological polar surface area (TPSA) is 47.3 Å². The fourth-order valence-electron chi connectivity index (χ4n) is 1.71. The van der Waals surface area contributed by atoms with Crippen LogP contribution in [-0.4, -0.2) is 19.2 Å². The molecule has 4 heteroatoms. The Morgan fingerprint density at radius 1 is 1.44 bits per heavy atom. The highest BCUT2D eigenvalue weighted by molar-refractivity contribution is 5.29. The van der Waals surface area contributed by atoms with E-state index in [0.717, 1.165) is 24.9 Å². The number of ether oxygens (including phenoxy) is 1. The van der Waals surface area contributed by atoms with Gasteiger partial charge >= 0.3 is 0 Å². The van der Waals surface area contributed by atoms with Gasteiger partial charge in [-0.2, -0.15) is 0 Å². The Morgan fingerprint density at radius 3 is 2.83 bits per heavy atom. The summed E-state index contributed by atoms with van der Waals surface area (Å²) < 4.78 is 18.7. The molecule has 0 aliphatic heterocycles. The molecule has 0 heterocycles. The third kappa shape index (κ3) is 5.47. The van der Waals surface area contributed by atoms with Crippen LogP contribution in [0.5, 0.6) is 5.75 Å². The quantitative estimate of drug-likeness (QED) is 0.700. The summed E-state index contributed by atoms with van der Waals surface area (Å²) in [5.74, 6) is 0.0185. The van der Waals surface area contributed by atoms with Crippen LogP contribution in [0.15, 0.2) is 18.2 Å². The Balaban J connectivity index is 2.32. The van der Waals surface area contributed by atoms with E-state index in [0.29, 0.717) is 18.9 Å². The lowest BCUT2D eigenvalue weighted by Gasteiger charge is -2.09. The Kier molecular flexibility index (Phi) is 6.68.